The molecule has 0 aromatic heterocycles. The van der Waals surface area contributed by atoms with Crippen molar-refractivity contribution in [3.05, 3.63) is 34.9 Å². The third-order valence-corrected chi connectivity index (χ3v) is 3.93. The van der Waals surface area contributed by atoms with Crippen LogP contribution in [0.5, 0.6) is 0 Å². The number of likely N-dealkylation sites (tertiary alicyclic amines) is 1. The quantitative estimate of drug-likeness (QED) is 0.751. The van der Waals surface area contributed by atoms with Gasteiger partial charge in [-0.05, 0) is 31.0 Å². The van der Waals surface area contributed by atoms with Crippen molar-refractivity contribution < 1.29 is 9.53 Å². The summed E-state index contributed by atoms with van der Waals surface area (Å²) in [5, 5.41) is 0.547. The minimum atomic E-state index is 0.126. The van der Waals surface area contributed by atoms with E-state index < -0.39 is 0 Å². The lowest BCUT2D eigenvalue weighted by molar-refractivity contribution is 0.0966. The maximum Gasteiger partial charge on any atom is 0.165 e. The van der Waals surface area contributed by atoms with E-state index in [1.807, 2.05) is 12.1 Å². The topological polar surface area (TPSA) is 29.5 Å². The zero-order chi connectivity index (χ0) is 13.7. The van der Waals surface area contributed by atoms with Crippen LogP contribution >= 0.6 is 11.6 Å². The number of ketones is 1. The van der Waals surface area contributed by atoms with Crippen LogP contribution in [-0.2, 0) is 4.74 Å². The fraction of sp³-hybridized carbons (Fsp3) is 0.533. The summed E-state index contributed by atoms with van der Waals surface area (Å²) in [5.41, 5.74) is 0.636. The first-order valence-corrected chi connectivity index (χ1v) is 7.07. The van der Waals surface area contributed by atoms with Crippen molar-refractivity contribution in [1.82, 2.24) is 4.90 Å². The molecule has 1 aromatic rings. The van der Waals surface area contributed by atoms with Crippen molar-refractivity contribution in [3.63, 3.8) is 0 Å². The number of hydrogen-bond donors (Lipinski definition) is 0. The maximum absolute atomic E-state index is 12.1. The predicted molar refractivity (Wildman–Crippen MR) is 76.8 cm³/mol. The number of halogens is 1. The standard InChI is InChI=1S/C15H20ClNO2/c1-19-11-12-6-8-17(10-12)9-7-15(18)13-4-2-3-5-14(13)16/h2-5,12H,6-11H2,1H3. The zero-order valence-electron chi connectivity index (χ0n) is 11.3. The van der Waals surface area contributed by atoms with Crippen molar-refractivity contribution in [3.8, 4) is 0 Å². The van der Waals surface area contributed by atoms with Gasteiger partial charge in [-0.1, -0.05) is 23.7 Å². The van der Waals surface area contributed by atoms with Crippen LogP contribution in [0.25, 0.3) is 0 Å². The highest BCUT2D eigenvalue weighted by atomic mass is 35.5. The van der Waals surface area contributed by atoms with Gasteiger partial charge in [0.25, 0.3) is 0 Å². The number of rotatable bonds is 6. The second-order valence-electron chi connectivity index (χ2n) is 5.06. The Morgan fingerprint density at radius 3 is 3.00 bits per heavy atom. The second kappa shape index (κ2) is 7.04. The summed E-state index contributed by atoms with van der Waals surface area (Å²) in [4.78, 5) is 14.4. The van der Waals surface area contributed by atoms with Crippen LogP contribution in [0.15, 0.2) is 24.3 Å². The smallest absolute Gasteiger partial charge is 0.165 e. The van der Waals surface area contributed by atoms with E-state index in [2.05, 4.69) is 4.90 Å². The molecular formula is C15H20ClNO2. The van der Waals surface area contributed by atoms with Crippen LogP contribution in [0.4, 0.5) is 0 Å². The van der Waals surface area contributed by atoms with Crippen LogP contribution in [0.1, 0.15) is 23.2 Å². The fourth-order valence-electron chi connectivity index (χ4n) is 2.57. The van der Waals surface area contributed by atoms with Crippen molar-refractivity contribution in [2.75, 3.05) is 33.4 Å². The van der Waals surface area contributed by atoms with Gasteiger partial charge in [-0.15, -0.1) is 0 Å². The van der Waals surface area contributed by atoms with Crippen LogP contribution in [0.2, 0.25) is 5.02 Å². The van der Waals surface area contributed by atoms with Gasteiger partial charge >= 0.3 is 0 Å². The normalized spacial score (nSPS) is 19.8. The molecule has 104 valence electrons. The summed E-state index contributed by atoms with van der Waals surface area (Å²) in [7, 11) is 1.74. The largest absolute Gasteiger partial charge is 0.384 e. The molecule has 1 saturated heterocycles. The Morgan fingerprint density at radius 1 is 1.47 bits per heavy atom. The van der Waals surface area contributed by atoms with E-state index in [1.165, 1.54) is 0 Å². The Labute approximate surface area is 119 Å². The molecule has 0 spiro atoms. The lowest BCUT2D eigenvalue weighted by Crippen LogP contribution is -2.24. The predicted octanol–water partition coefficient (Wildman–Crippen LogP) is 2.88. The molecule has 1 fully saturated rings. The van der Waals surface area contributed by atoms with E-state index in [4.69, 9.17) is 16.3 Å². The highest BCUT2D eigenvalue weighted by Gasteiger charge is 2.22. The maximum atomic E-state index is 12.1. The molecule has 0 amide bonds. The van der Waals surface area contributed by atoms with Gasteiger partial charge in [0.05, 0.1) is 11.6 Å². The molecule has 0 radical (unpaired) electrons. The molecular weight excluding hydrogens is 262 g/mol. The van der Waals surface area contributed by atoms with E-state index in [-0.39, 0.29) is 5.78 Å². The Kier molecular flexibility index (Phi) is 5.37. The third kappa shape index (κ3) is 4.03. The van der Waals surface area contributed by atoms with Crippen LogP contribution in [-0.4, -0.2) is 44.0 Å². The van der Waals surface area contributed by atoms with Gasteiger partial charge < -0.3 is 9.64 Å². The lowest BCUT2D eigenvalue weighted by Gasteiger charge is -2.15. The van der Waals surface area contributed by atoms with E-state index in [1.54, 1.807) is 19.2 Å². The van der Waals surface area contributed by atoms with Crippen molar-refractivity contribution in [2.45, 2.75) is 12.8 Å². The Balaban J connectivity index is 1.80. The number of methoxy groups -OCH3 is 1. The van der Waals surface area contributed by atoms with Crippen LogP contribution < -0.4 is 0 Å². The third-order valence-electron chi connectivity index (χ3n) is 3.60. The van der Waals surface area contributed by atoms with Gasteiger partial charge in [0, 0.05) is 32.2 Å². The average Bonchev–Trinajstić information content (AvgIpc) is 2.85. The Bertz CT molecular complexity index is 436. The Morgan fingerprint density at radius 2 is 2.26 bits per heavy atom. The number of benzene rings is 1. The average molecular weight is 282 g/mol. The van der Waals surface area contributed by atoms with E-state index in [9.17, 15) is 4.79 Å². The molecule has 0 N–H and O–H groups in total. The number of Topliss-reactive ketones (excluding diaryl/α,β-unsaturated/α-hetero) is 1. The number of ether oxygens (including phenoxy) is 1. The zero-order valence-corrected chi connectivity index (χ0v) is 12.0. The van der Waals surface area contributed by atoms with Crippen molar-refractivity contribution >= 4 is 17.4 Å². The van der Waals surface area contributed by atoms with E-state index in [0.717, 1.165) is 32.7 Å². The Hall–Kier alpha value is -0.900. The first-order chi connectivity index (χ1) is 9.20. The molecule has 1 aromatic carbocycles. The van der Waals surface area contributed by atoms with Gasteiger partial charge in [0.2, 0.25) is 0 Å². The van der Waals surface area contributed by atoms with Crippen molar-refractivity contribution in [1.29, 1.82) is 0 Å². The SMILES string of the molecule is COCC1CCN(CCC(=O)c2ccccc2Cl)C1. The fourth-order valence-corrected chi connectivity index (χ4v) is 2.81. The molecule has 3 nitrogen and oxygen atoms in total. The molecule has 1 atom stereocenters. The molecule has 0 aliphatic carbocycles. The van der Waals surface area contributed by atoms with Gasteiger partial charge in [0.15, 0.2) is 5.78 Å². The summed E-state index contributed by atoms with van der Waals surface area (Å²) < 4.78 is 5.17. The van der Waals surface area contributed by atoms with Gasteiger partial charge in [0.1, 0.15) is 0 Å². The minimum absolute atomic E-state index is 0.126. The molecule has 2 rings (SSSR count). The van der Waals surface area contributed by atoms with Gasteiger partial charge in [-0.3, -0.25) is 4.79 Å². The van der Waals surface area contributed by atoms with Crippen LogP contribution in [0, 0.1) is 5.92 Å². The summed E-state index contributed by atoms with van der Waals surface area (Å²) >= 11 is 6.03. The summed E-state index contributed by atoms with van der Waals surface area (Å²) in [6.07, 6.45) is 1.69. The molecule has 0 bridgehead atoms. The number of carbonyl (C=O) groups excluding carboxylic acids is 1. The summed E-state index contributed by atoms with van der Waals surface area (Å²) in [6, 6.07) is 7.25. The number of nitrogens with zero attached hydrogens (tertiary/aromatic N) is 1. The summed E-state index contributed by atoms with van der Waals surface area (Å²) in [6.45, 7) is 3.71. The van der Waals surface area contributed by atoms with Crippen LogP contribution in [0.3, 0.4) is 0 Å². The lowest BCUT2D eigenvalue weighted by atomic mass is 10.1. The highest BCUT2D eigenvalue weighted by molar-refractivity contribution is 6.33. The number of carbonyl (C=O) groups is 1. The van der Waals surface area contributed by atoms with Gasteiger partial charge in [-0.25, -0.2) is 0 Å². The molecule has 0 saturated carbocycles. The number of hydrogen-bond acceptors (Lipinski definition) is 3. The molecule has 1 heterocycles. The minimum Gasteiger partial charge on any atom is -0.384 e. The molecule has 4 heteroatoms. The van der Waals surface area contributed by atoms with Gasteiger partial charge in [-0.2, -0.15) is 0 Å². The molecule has 1 aliphatic heterocycles. The first kappa shape index (κ1) is 14.5. The first-order valence-electron chi connectivity index (χ1n) is 6.69. The van der Waals surface area contributed by atoms with E-state index >= 15 is 0 Å². The second-order valence-corrected chi connectivity index (χ2v) is 5.47. The monoisotopic (exact) mass is 281 g/mol. The summed E-state index contributed by atoms with van der Waals surface area (Å²) in [5.74, 6) is 0.737. The van der Waals surface area contributed by atoms with Crippen molar-refractivity contribution in [2.24, 2.45) is 5.92 Å². The molecule has 1 unspecified atom stereocenters. The molecule has 1 aliphatic rings. The molecule has 19 heavy (non-hydrogen) atoms. The highest BCUT2D eigenvalue weighted by Crippen LogP contribution is 2.19. The van der Waals surface area contributed by atoms with E-state index in [0.29, 0.717) is 22.9 Å².